The summed E-state index contributed by atoms with van der Waals surface area (Å²) in [4.78, 5) is 14.4. The van der Waals surface area contributed by atoms with Crippen molar-refractivity contribution in [2.45, 2.75) is 45.7 Å². The molecule has 0 atom stereocenters. The molecule has 0 spiro atoms. The predicted molar refractivity (Wildman–Crippen MR) is 65.5 cm³/mol. The molecule has 2 nitrogen and oxygen atoms in total. The van der Waals surface area contributed by atoms with Gasteiger partial charge in [0.1, 0.15) is 0 Å². The van der Waals surface area contributed by atoms with Gasteiger partial charge in [-0.15, -0.1) is 0 Å². The molecule has 0 aliphatic heterocycles. The fourth-order valence-corrected chi connectivity index (χ4v) is 2.13. The first-order valence-corrected chi connectivity index (χ1v) is 5.99. The van der Waals surface area contributed by atoms with Gasteiger partial charge in [-0.2, -0.15) is 0 Å². The molecule has 1 aliphatic carbocycles. The fourth-order valence-electron chi connectivity index (χ4n) is 2.13. The number of carbonyl (C=O) groups is 1. The molecule has 1 aromatic carbocycles. The van der Waals surface area contributed by atoms with Gasteiger partial charge in [-0.1, -0.05) is 18.2 Å². The molecule has 1 aromatic rings. The smallest absolute Gasteiger partial charge is 0.254 e. The van der Waals surface area contributed by atoms with E-state index in [0.29, 0.717) is 12.1 Å². The van der Waals surface area contributed by atoms with E-state index >= 15 is 0 Å². The first-order chi connectivity index (χ1) is 7.61. The second-order valence-corrected chi connectivity index (χ2v) is 4.85. The lowest BCUT2D eigenvalue weighted by Gasteiger charge is -2.27. The van der Waals surface area contributed by atoms with Gasteiger partial charge < -0.3 is 4.90 Å². The Hall–Kier alpha value is -1.31. The van der Waals surface area contributed by atoms with E-state index in [-0.39, 0.29) is 5.91 Å². The van der Waals surface area contributed by atoms with Crippen molar-refractivity contribution in [1.82, 2.24) is 4.90 Å². The summed E-state index contributed by atoms with van der Waals surface area (Å²) in [6, 6.07) is 8.61. The Morgan fingerprint density at radius 2 is 1.94 bits per heavy atom. The van der Waals surface area contributed by atoms with E-state index in [2.05, 4.69) is 13.8 Å². The molecule has 1 amide bonds. The standard InChI is InChI=1S/C14H19NO/c1-10(2)15(12-8-9-12)14(16)13-7-5-4-6-11(13)3/h4-7,10,12H,8-9H2,1-3H3. The van der Waals surface area contributed by atoms with Crippen LogP contribution in [0, 0.1) is 6.92 Å². The van der Waals surface area contributed by atoms with Gasteiger partial charge in [-0.05, 0) is 45.2 Å². The van der Waals surface area contributed by atoms with Gasteiger partial charge in [0.05, 0.1) is 0 Å². The van der Waals surface area contributed by atoms with Crippen LogP contribution >= 0.6 is 0 Å². The average Bonchev–Trinajstić information content (AvgIpc) is 3.02. The second kappa shape index (κ2) is 4.28. The number of hydrogen-bond donors (Lipinski definition) is 0. The summed E-state index contributed by atoms with van der Waals surface area (Å²) in [5, 5.41) is 0. The van der Waals surface area contributed by atoms with Crippen molar-refractivity contribution < 1.29 is 4.79 Å². The van der Waals surface area contributed by atoms with Crippen molar-refractivity contribution in [3.05, 3.63) is 35.4 Å². The number of nitrogens with zero attached hydrogens (tertiary/aromatic N) is 1. The SMILES string of the molecule is Cc1ccccc1C(=O)N(C(C)C)C1CC1. The van der Waals surface area contributed by atoms with Crippen molar-refractivity contribution in [3.8, 4) is 0 Å². The normalized spacial score (nSPS) is 15.2. The molecule has 86 valence electrons. The predicted octanol–water partition coefficient (Wildman–Crippen LogP) is 3.01. The Morgan fingerprint density at radius 3 is 2.44 bits per heavy atom. The van der Waals surface area contributed by atoms with Gasteiger partial charge in [-0.3, -0.25) is 4.79 Å². The van der Waals surface area contributed by atoms with E-state index in [1.165, 1.54) is 0 Å². The first kappa shape index (κ1) is 11.2. The molecule has 0 unspecified atom stereocenters. The second-order valence-electron chi connectivity index (χ2n) is 4.85. The van der Waals surface area contributed by atoms with Gasteiger partial charge in [0, 0.05) is 17.6 Å². The number of benzene rings is 1. The summed E-state index contributed by atoms with van der Waals surface area (Å²) in [5.74, 6) is 0.190. The van der Waals surface area contributed by atoms with Gasteiger partial charge in [0.25, 0.3) is 5.91 Å². The molecule has 1 saturated carbocycles. The molecular formula is C14H19NO. The van der Waals surface area contributed by atoms with Crippen LogP contribution < -0.4 is 0 Å². The summed E-state index contributed by atoms with van der Waals surface area (Å²) < 4.78 is 0. The Kier molecular flexibility index (Phi) is 2.99. The minimum absolute atomic E-state index is 0.190. The number of rotatable bonds is 3. The molecule has 0 heterocycles. The van der Waals surface area contributed by atoms with Crippen molar-refractivity contribution >= 4 is 5.91 Å². The third kappa shape index (κ3) is 2.11. The molecular weight excluding hydrogens is 198 g/mol. The lowest BCUT2D eigenvalue weighted by Crippen LogP contribution is -2.39. The van der Waals surface area contributed by atoms with E-state index in [0.717, 1.165) is 24.0 Å². The van der Waals surface area contributed by atoms with Crippen molar-refractivity contribution in [2.24, 2.45) is 0 Å². The number of amides is 1. The van der Waals surface area contributed by atoms with E-state index in [1.54, 1.807) is 0 Å². The maximum Gasteiger partial charge on any atom is 0.254 e. The quantitative estimate of drug-likeness (QED) is 0.762. The third-order valence-electron chi connectivity index (χ3n) is 3.11. The van der Waals surface area contributed by atoms with Crippen LogP contribution in [0.5, 0.6) is 0 Å². The summed E-state index contributed by atoms with van der Waals surface area (Å²) in [7, 11) is 0. The van der Waals surface area contributed by atoms with Crippen LogP contribution in [-0.2, 0) is 0 Å². The largest absolute Gasteiger partial charge is 0.333 e. The highest BCUT2D eigenvalue weighted by atomic mass is 16.2. The van der Waals surface area contributed by atoms with Crippen molar-refractivity contribution in [2.75, 3.05) is 0 Å². The summed E-state index contributed by atoms with van der Waals surface area (Å²) >= 11 is 0. The van der Waals surface area contributed by atoms with Crippen LogP contribution in [-0.4, -0.2) is 22.9 Å². The van der Waals surface area contributed by atoms with E-state index in [9.17, 15) is 4.79 Å². The van der Waals surface area contributed by atoms with E-state index < -0.39 is 0 Å². The van der Waals surface area contributed by atoms with Crippen LogP contribution in [0.4, 0.5) is 0 Å². The van der Waals surface area contributed by atoms with Crippen molar-refractivity contribution in [3.63, 3.8) is 0 Å². The zero-order valence-corrected chi connectivity index (χ0v) is 10.2. The lowest BCUT2D eigenvalue weighted by atomic mass is 10.1. The molecule has 0 bridgehead atoms. The summed E-state index contributed by atoms with van der Waals surface area (Å²) in [5.41, 5.74) is 1.92. The molecule has 2 rings (SSSR count). The number of hydrogen-bond acceptors (Lipinski definition) is 1. The first-order valence-electron chi connectivity index (χ1n) is 5.99. The Morgan fingerprint density at radius 1 is 1.31 bits per heavy atom. The molecule has 0 N–H and O–H groups in total. The third-order valence-corrected chi connectivity index (χ3v) is 3.11. The minimum atomic E-state index is 0.190. The molecule has 0 saturated heterocycles. The van der Waals surface area contributed by atoms with Gasteiger partial charge >= 0.3 is 0 Å². The van der Waals surface area contributed by atoms with Gasteiger partial charge in [0.2, 0.25) is 0 Å². The van der Waals surface area contributed by atoms with Crippen LogP contribution in [0.2, 0.25) is 0 Å². The average molecular weight is 217 g/mol. The molecule has 1 aliphatic rings. The maximum absolute atomic E-state index is 12.4. The highest BCUT2D eigenvalue weighted by Crippen LogP contribution is 2.30. The van der Waals surface area contributed by atoms with Gasteiger partial charge in [0.15, 0.2) is 0 Å². The molecule has 0 aromatic heterocycles. The highest BCUT2D eigenvalue weighted by Gasteiger charge is 2.34. The van der Waals surface area contributed by atoms with Crippen LogP contribution in [0.3, 0.4) is 0 Å². The highest BCUT2D eigenvalue weighted by molar-refractivity contribution is 5.96. The Labute approximate surface area is 97.3 Å². The zero-order valence-electron chi connectivity index (χ0n) is 10.2. The van der Waals surface area contributed by atoms with Crippen LogP contribution in [0.25, 0.3) is 0 Å². The topological polar surface area (TPSA) is 20.3 Å². The molecule has 16 heavy (non-hydrogen) atoms. The number of carbonyl (C=O) groups excluding carboxylic acids is 1. The Balaban J connectivity index is 2.26. The monoisotopic (exact) mass is 217 g/mol. The van der Waals surface area contributed by atoms with E-state index in [1.807, 2.05) is 36.1 Å². The fraction of sp³-hybridized carbons (Fsp3) is 0.500. The zero-order chi connectivity index (χ0) is 11.7. The van der Waals surface area contributed by atoms with Crippen LogP contribution in [0.15, 0.2) is 24.3 Å². The number of aryl methyl sites for hydroxylation is 1. The van der Waals surface area contributed by atoms with Gasteiger partial charge in [-0.25, -0.2) is 0 Å². The molecule has 1 fully saturated rings. The van der Waals surface area contributed by atoms with E-state index in [4.69, 9.17) is 0 Å². The summed E-state index contributed by atoms with van der Waals surface area (Å²) in [6.45, 7) is 6.18. The van der Waals surface area contributed by atoms with Crippen LogP contribution in [0.1, 0.15) is 42.6 Å². The molecule has 2 heteroatoms. The Bertz CT molecular complexity index is 391. The lowest BCUT2D eigenvalue weighted by molar-refractivity contribution is 0.0689. The maximum atomic E-state index is 12.4. The molecule has 0 radical (unpaired) electrons. The minimum Gasteiger partial charge on any atom is -0.333 e. The summed E-state index contributed by atoms with van der Waals surface area (Å²) in [6.07, 6.45) is 2.33. The van der Waals surface area contributed by atoms with Crippen molar-refractivity contribution in [1.29, 1.82) is 0 Å².